The van der Waals surface area contributed by atoms with E-state index in [0.717, 1.165) is 4.47 Å². The molecule has 2 rings (SSSR count). The van der Waals surface area contributed by atoms with E-state index in [2.05, 4.69) is 50.1 Å². The van der Waals surface area contributed by atoms with Crippen molar-refractivity contribution in [3.05, 3.63) is 34.3 Å². The highest BCUT2D eigenvalue weighted by Crippen LogP contribution is 2.27. The van der Waals surface area contributed by atoms with E-state index in [0.29, 0.717) is 17.5 Å². The molecule has 100 valence electrons. The molecule has 1 saturated carbocycles. The van der Waals surface area contributed by atoms with E-state index in [1.807, 2.05) is 6.07 Å². The van der Waals surface area contributed by atoms with Gasteiger partial charge in [-0.15, -0.1) is 0 Å². The predicted octanol–water partition coefficient (Wildman–Crippen LogP) is 5.45. The van der Waals surface area contributed by atoms with Gasteiger partial charge in [-0.25, -0.2) is 0 Å². The van der Waals surface area contributed by atoms with E-state index >= 15 is 0 Å². The number of benzene rings is 1. The summed E-state index contributed by atoms with van der Waals surface area (Å²) in [5.74, 6) is 0. The molecule has 2 atom stereocenters. The maximum atomic E-state index is 6.12. The lowest BCUT2D eigenvalue weighted by atomic mass is 9.98. The smallest absolute Gasteiger partial charge is 0.0732 e. The van der Waals surface area contributed by atoms with Gasteiger partial charge in [-0.05, 0) is 24.5 Å². The van der Waals surface area contributed by atoms with Gasteiger partial charge in [0.1, 0.15) is 0 Å². The minimum Gasteiger partial charge on any atom is -0.372 e. The van der Waals surface area contributed by atoms with Crippen LogP contribution in [-0.2, 0) is 11.3 Å². The van der Waals surface area contributed by atoms with Gasteiger partial charge in [-0.1, -0.05) is 75.7 Å². The van der Waals surface area contributed by atoms with Crippen molar-refractivity contribution in [3.8, 4) is 0 Å². The average Bonchev–Trinajstić information content (AvgIpc) is 2.35. The van der Waals surface area contributed by atoms with Crippen LogP contribution in [0.15, 0.2) is 28.7 Å². The van der Waals surface area contributed by atoms with Crippen molar-refractivity contribution in [1.29, 1.82) is 0 Å². The number of halogens is 2. The minimum absolute atomic E-state index is 0.359. The van der Waals surface area contributed by atoms with Crippen LogP contribution in [0.4, 0.5) is 0 Å². The number of hydrogen-bond donors (Lipinski definition) is 0. The second kappa shape index (κ2) is 7.66. The summed E-state index contributed by atoms with van der Waals surface area (Å²) >= 11 is 7.37. The van der Waals surface area contributed by atoms with Crippen LogP contribution in [0.2, 0.25) is 0 Å². The van der Waals surface area contributed by atoms with Gasteiger partial charge in [0.05, 0.1) is 12.7 Å². The SMILES string of the molecule is Brc1ccccc1COC1CCCCCCC1Br. The summed E-state index contributed by atoms with van der Waals surface area (Å²) in [5, 5.41) is 0. The molecule has 1 aliphatic carbocycles. The van der Waals surface area contributed by atoms with E-state index in [4.69, 9.17) is 4.74 Å². The fourth-order valence-corrected chi connectivity index (χ4v) is 3.55. The first-order chi connectivity index (χ1) is 8.77. The van der Waals surface area contributed by atoms with Crippen molar-refractivity contribution in [2.75, 3.05) is 0 Å². The Bertz CT molecular complexity index is 367. The highest BCUT2D eigenvalue weighted by atomic mass is 79.9. The summed E-state index contributed by atoms with van der Waals surface area (Å²) < 4.78 is 7.26. The topological polar surface area (TPSA) is 9.23 Å². The molecule has 0 aromatic heterocycles. The first-order valence-electron chi connectivity index (χ1n) is 6.76. The van der Waals surface area contributed by atoms with E-state index in [-0.39, 0.29) is 0 Å². The zero-order valence-corrected chi connectivity index (χ0v) is 13.8. The van der Waals surface area contributed by atoms with Crippen molar-refractivity contribution >= 4 is 31.9 Å². The van der Waals surface area contributed by atoms with Crippen LogP contribution in [0.5, 0.6) is 0 Å². The fourth-order valence-electron chi connectivity index (χ4n) is 2.41. The Hall–Kier alpha value is 0.140. The standard InChI is InChI=1S/C15H20Br2O/c16-13-8-6-5-7-12(13)11-18-15-10-4-2-1-3-9-14(15)17/h5-8,14-15H,1-4,9-11H2. The Morgan fingerprint density at radius 2 is 1.78 bits per heavy atom. The number of alkyl halides is 1. The molecule has 1 aliphatic rings. The quantitative estimate of drug-likeness (QED) is 0.638. The summed E-state index contributed by atoms with van der Waals surface area (Å²) in [6, 6.07) is 8.29. The summed E-state index contributed by atoms with van der Waals surface area (Å²) in [6.07, 6.45) is 8.12. The Labute approximate surface area is 127 Å². The number of hydrogen-bond acceptors (Lipinski definition) is 1. The summed E-state index contributed by atoms with van der Waals surface area (Å²) in [4.78, 5) is 0.514. The van der Waals surface area contributed by atoms with E-state index < -0.39 is 0 Å². The van der Waals surface area contributed by atoms with E-state index in [1.54, 1.807) is 0 Å². The zero-order valence-electron chi connectivity index (χ0n) is 10.6. The molecule has 1 fully saturated rings. The largest absolute Gasteiger partial charge is 0.372 e. The van der Waals surface area contributed by atoms with Gasteiger partial charge in [0.2, 0.25) is 0 Å². The molecule has 1 nitrogen and oxygen atoms in total. The van der Waals surface area contributed by atoms with Gasteiger partial charge in [0, 0.05) is 9.30 Å². The van der Waals surface area contributed by atoms with Gasteiger partial charge in [0.15, 0.2) is 0 Å². The highest BCUT2D eigenvalue weighted by Gasteiger charge is 2.21. The maximum Gasteiger partial charge on any atom is 0.0732 e. The second-order valence-corrected chi connectivity index (χ2v) is 6.98. The third-order valence-electron chi connectivity index (χ3n) is 3.53. The van der Waals surface area contributed by atoms with Crippen molar-refractivity contribution in [2.45, 2.75) is 56.1 Å². The van der Waals surface area contributed by atoms with Crippen molar-refractivity contribution < 1.29 is 4.74 Å². The van der Waals surface area contributed by atoms with Crippen LogP contribution in [0, 0.1) is 0 Å². The molecule has 0 amide bonds. The molecule has 1 aromatic rings. The number of ether oxygens (including phenoxy) is 1. The summed E-state index contributed by atoms with van der Waals surface area (Å²) in [6.45, 7) is 0.703. The highest BCUT2D eigenvalue weighted by molar-refractivity contribution is 9.10. The lowest BCUT2D eigenvalue weighted by Gasteiger charge is -2.25. The molecule has 1 aromatic carbocycles. The van der Waals surface area contributed by atoms with Gasteiger partial charge in [0.25, 0.3) is 0 Å². The molecular weight excluding hydrogens is 356 g/mol. The predicted molar refractivity (Wildman–Crippen MR) is 83.1 cm³/mol. The molecule has 0 spiro atoms. The fraction of sp³-hybridized carbons (Fsp3) is 0.600. The van der Waals surface area contributed by atoms with Crippen molar-refractivity contribution in [1.82, 2.24) is 0 Å². The second-order valence-electron chi connectivity index (χ2n) is 4.95. The van der Waals surface area contributed by atoms with Crippen LogP contribution < -0.4 is 0 Å². The van der Waals surface area contributed by atoms with Gasteiger partial charge in [-0.3, -0.25) is 0 Å². The van der Waals surface area contributed by atoms with Gasteiger partial charge < -0.3 is 4.74 Å². The van der Waals surface area contributed by atoms with Crippen molar-refractivity contribution in [3.63, 3.8) is 0 Å². The van der Waals surface area contributed by atoms with Crippen LogP contribution in [0.25, 0.3) is 0 Å². The average molecular weight is 376 g/mol. The molecule has 0 bridgehead atoms. The maximum absolute atomic E-state index is 6.12. The molecule has 0 radical (unpaired) electrons. The molecule has 18 heavy (non-hydrogen) atoms. The molecule has 0 aliphatic heterocycles. The van der Waals surface area contributed by atoms with Gasteiger partial charge >= 0.3 is 0 Å². The Morgan fingerprint density at radius 3 is 2.56 bits per heavy atom. The van der Waals surface area contributed by atoms with Crippen LogP contribution in [0.3, 0.4) is 0 Å². The minimum atomic E-state index is 0.359. The lowest BCUT2D eigenvalue weighted by Crippen LogP contribution is -2.25. The molecule has 0 N–H and O–H groups in total. The normalized spacial score (nSPS) is 25.4. The van der Waals surface area contributed by atoms with E-state index in [1.165, 1.54) is 44.1 Å². The molecular formula is C15H20Br2O. The Kier molecular flexibility index (Phi) is 6.19. The van der Waals surface area contributed by atoms with Crippen LogP contribution in [0.1, 0.15) is 44.1 Å². The van der Waals surface area contributed by atoms with E-state index in [9.17, 15) is 0 Å². The van der Waals surface area contributed by atoms with Crippen molar-refractivity contribution in [2.24, 2.45) is 0 Å². The molecule has 2 unspecified atom stereocenters. The third kappa shape index (κ3) is 4.36. The first-order valence-corrected chi connectivity index (χ1v) is 8.47. The number of rotatable bonds is 3. The van der Waals surface area contributed by atoms with Crippen LogP contribution >= 0.6 is 31.9 Å². The summed E-state index contributed by atoms with van der Waals surface area (Å²) in [7, 11) is 0. The monoisotopic (exact) mass is 374 g/mol. The third-order valence-corrected chi connectivity index (χ3v) is 5.35. The van der Waals surface area contributed by atoms with Crippen LogP contribution in [-0.4, -0.2) is 10.9 Å². The first kappa shape index (κ1) is 14.5. The summed E-state index contributed by atoms with van der Waals surface area (Å²) in [5.41, 5.74) is 1.24. The molecule has 0 heterocycles. The molecule has 3 heteroatoms. The Morgan fingerprint density at radius 1 is 1.06 bits per heavy atom. The zero-order chi connectivity index (χ0) is 12.8. The Balaban J connectivity index is 1.89. The molecule has 0 saturated heterocycles. The van der Waals surface area contributed by atoms with Gasteiger partial charge in [-0.2, -0.15) is 0 Å². The lowest BCUT2D eigenvalue weighted by molar-refractivity contribution is 0.0288.